The summed E-state index contributed by atoms with van der Waals surface area (Å²) in [6.07, 6.45) is 11.6. The Bertz CT molecular complexity index is 363. The van der Waals surface area contributed by atoms with Crippen molar-refractivity contribution >= 4 is 15.9 Å². The standard InChI is InChI=1S/C15H21BrO3/c1-3-5-6-7-13-15-9-14(19-13)11(17)8-10(16)12(4-2)18-15/h1,5-6,10-15,17H,4,7-9H2,2H3/b6-5+/t10-,11+,12+,13+,14+,15+/m1/s1. The molecule has 0 unspecified atom stereocenters. The summed E-state index contributed by atoms with van der Waals surface area (Å²) in [7, 11) is 0. The van der Waals surface area contributed by atoms with E-state index < -0.39 is 6.10 Å². The van der Waals surface area contributed by atoms with E-state index in [0.29, 0.717) is 6.42 Å². The highest BCUT2D eigenvalue weighted by Crippen LogP contribution is 2.35. The number of terminal acetylenes is 1. The summed E-state index contributed by atoms with van der Waals surface area (Å²) in [6, 6.07) is 0. The molecular weight excluding hydrogens is 308 g/mol. The quantitative estimate of drug-likeness (QED) is 0.638. The van der Waals surface area contributed by atoms with E-state index >= 15 is 0 Å². The first kappa shape index (κ1) is 15.1. The third-order valence-corrected chi connectivity index (χ3v) is 4.83. The number of fused-ring (bicyclic) bond motifs is 2. The first-order chi connectivity index (χ1) is 9.15. The fourth-order valence-corrected chi connectivity index (χ4v) is 3.69. The molecule has 2 bridgehead atoms. The van der Waals surface area contributed by atoms with Gasteiger partial charge in [0.15, 0.2) is 0 Å². The highest BCUT2D eigenvalue weighted by Gasteiger charge is 2.43. The fraction of sp³-hybridized carbons (Fsp3) is 0.733. The molecule has 0 aromatic carbocycles. The first-order valence-electron chi connectivity index (χ1n) is 6.89. The van der Waals surface area contributed by atoms with Crippen LogP contribution in [0.5, 0.6) is 0 Å². The summed E-state index contributed by atoms with van der Waals surface area (Å²) in [5.41, 5.74) is 0. The third-order valence-electron chi connectivity index (χ3n) is 3.86. The van der Waals surface area contributed by atoms with Crippen molar-refractivity contribution < 1.29 is 14.6 Å². The first-order valence-corrected chi connectivity index (χ1v) is 7.81. The van der Waals surface area contributed by atoms with Crippen LogP contribution in [0.3, 0.4) is 0 Å². The molecule has 0 saturated carbocycles. The Labute approximate surface area is 123 Å². The predicted molar refractivity (Wildman–Crippen MR) is 78.2 cm³/mol. The maximum absolute atomic E-state index is 10.2. The lowest BCUT2D eigenvalue weighted by Gasteiger charge is -2.30. The zero-order valence-corrected chi connectivity index (χ0v) is 12.8. The maximum Gasteiger partial charge on any atom is 0.0877 e. The van der Waals surface area contributed by atoms with E-state index in [9.17, 15) is 5.11 Å². The van der Waals surface area contributed by atoms with Crippen molar-refractivity contribution in [1.29, 1.82) is 0 Å². The number of aliphatic hydroxyl groups excluding tert-OH is 1. The largest absolute Gasteiger partial charge is 0.390 e. The van der Waals surface area contributed by atoms with Gasteiger partial charge < -0.3 is 14.6 Å². The summed E-state index contributed by atoms with van der Waals surface area (Å²) >= 11 is 3.63. The molecule has 106 valence electrons. The summed E-state index contributed by atoms with van der Waals surface area (Å²) in [5.74, 6) is 2.48. The Kier molecular flexibility index (Phi) is 5.47. The maximum atomic E-state index is 10.2. The second kappa shape index (κ2) is 6.90. The molecule has 19 heavy (non-hydrogen) atoms. The summed E-state index contributed by atoms with van der Waals surface area (Å²) in [5, 5.41) is 10.2. The van der Waals surface area contributed by atoms with Crippen LogP contribution < -0.4 is 0 Å². The SMILES string of the molecule is C#C/C=C/C[C@@H]1O[C@H]2C[C@@H]1O[C@@H](CC)[C@H](Br)C[C@@H]2O. The lowest BCUT2D eigenvalue weighted by atomic mass is 9.97. The monoisotopic (exact) mass is 328 g/mol. The van der Waals surface area contributed by atoms with Gasteiger partial charge in [0.05, 0.1) is 30.5 Å². The van der Waals surface area contributed by atoms with Crippen molar-refractivity contribution in [3.63, 3.8) is 0 Å². The van der Waals surface area contributed by atoms with Gasteiger partial charge in [0, 0.05) is 11.2 Å². The van der Waals surface area contributed by atoms with Crippen LogP contribution in [0, 0.1) is 12.3 Å². The molecule has 2 heterocycles. The Balaban J connectivity index is 2.07. The molecule has 2 saturated heterocycles. The van der Waals surface area contributed by atoms with Gasteiger partial charge in [-0.25, -0.2) is 0 Å². The molecule has 0 spiro atoms. The highest BCUT2D eigenvalue weighted by molar-refractivity contribution is 9.09. The second-order valence-corrected chi connectivity index (χ2v) is 6.37. The minimum atomic E-state index is -0.425. The average Bonchev–Trinajstić information content (AvgIpc) is 2.79. The van der Waals surface area contributed by atoms with Crippen molar-refractivity contribution in [1.82, 2.24) is 0 Å². The van der Waals surface area contributed by atoms with Gasteiger partial charge in [-0.1, -0.05) is 34.9 Å². The minimum absolute atomic E-state index is 0.00361. The van der Waals surface area contributed by atoms with Crippen LogP contribution in [0.4, 0.5) is 0 Å². The second-order valence-electron chi connectivity index (χ2n) is 5.19. The highest BCUT2D eigenvalue weighted by atomic mass is 79.9. The van der Waals surface area contributed by atoms with E-state index in [4.69, 9.17) is 15.9 Å². The number of aliphatic hydroxyl groups is 1. The summed E-state index contributed by atoms with van der Waals surface area (Å²) in [6.45, 7) is 2.10. The van der Waals surface area contributed by atoms with E-state index in [1.54, 1.807) is 6.08 Å². The number of rotatable bonds is 3. The topological polar surface area (TPSA) is 38.7 Å². The molecule has 0 radical (unpaired) electrons. The smallest absolute Gasteiger partial charge is 0.0877 e. The van der Waals surface area contributed by atoms with E-state index in [-0.39, 0.29) is 29.2 Å². The van der Waals surface area contributed by atoms with Crippen LogP contribution in [0.2, 0.25) is 0 Å². The molecule has 0 aliphatic carbocycles. The van der Waals surface area contributed by atoms with Gasteiger partial charge >= 0.3 is 0 Å². The molecule has 3 nitrogen and oxygen atoms in total. The molecule has 4 heteroatoms. The van der Waals surface area contributed by atoms with Crippen LogP contribution in [0.1, 0.15) is 32.6 Å². The van der Waals surface area contributed by atoms with Gasteiger partial charge in [0.25, 0.3) is 0 Å². The van der Waals surface area contributed by atoms with Crippen molar-refractivity contribution in [3.8, 4) is 12.3 Å². The van der Waals surface area contributed by atoms with Crippen molar-refractivity contribution in [2.24, 2.45) is 0 Å². The lowest BCUT2D eigenvalue weighted by Crippen LogP contribution is -2.38. The molecular formula is C15H21BrO3. The van der Waals surface area contributed by atoms with Crippen LogP contribution >= 0.6 is 15.9 Å². The molecule has 2 aliphatic rings. The van der Waals surface area contributed by atoms with Crippen LogP contribution in [-0.4, -0.2) is 40.5 Å². The Morgan fingerprint density at radius 2 is 2.05 bits per heavy atom. The molecule has 0 aromatic rings. The van der Waals surface area contributed by atoms with E-state index in [2.05, 4.69) is 28.8 Å². The zero-order chi connectivity index (χ0) is 13.8. The van der Waals surface area contributed by atoms with E-state index in [1.807, 2.05) is 6.08 Å². The normalized spacial score (nSPS) is 42.8. The van der Waals surface area contributed by atoms with Crippen molar-refractivity contribution in [2.45, 2.75) is 68.0 Å². The van der Waals surface area contributed by atoms with Gasteiger partial charge in [0.2, 0.25) is 0 Å². The molecule has 0 amide bonds. The van der Waals surface area contributed by atoms with Crippen molar-refractivity contribution in [3.05, 3.63) is 12.2 Å². The van der Waals surface area contributed by atoms with Gasteiger partial charge in [-0.15, -0.1) is 6.42 Å². The number of allylic oxidation sites excluding steroid dienone is 1. The average molecular weight is 329 g/mol. The third kappa shape index (κ3) is 3.61. The fourth-order valence-electron chi connectivity index (χ4n) is 2.81. The number of hydrogen-bond donors (Lipinski definition) is 1. The Morgan fingerprint density at radius 3 is 2.74 bits per heavy atom. The Hall–Kier alpha value is -0.340. The summed E-state index contributed by atoms with van der Waals surface area (Å²) < 4.78 is 12.1. The number of alkyl halides is 1. The number of halogens is 1. The Morgan fingerprint density at radius 1 is 1.32 bits per heavy atom. The zero-order valence-electron chi connectivity index (χ0n) is 11.2. The van der Waals surface area contributed by atoms with Crippen LogP contribution in [0.15, 0.2) is 12.2 Å². The van der Waals surface area contributed by atoms with Gasteiger partial charge in [-0.3, -0.25) is 0 Å². The number of ether oxygens (including phenoxy) is 2. The van der Waals surface area contributed by atoms with Gasteiger partial charge in [-0.05, 0) is 25.3 Å². The molecule has 6 atom stereocenters. The van der Waals surface area contributed by atoms with Crippen molar-refractivity contribution in [2.75, 3.05) is 0 Å². The van der Waals surface area contributed by atoms with E-state index in [0.717, 1.165) is 19.3 Å². The van der Waals surface area contributed by atoms with Gasteiger partial charge in [-0.2, -0.15) is 0 Å². The lowest BCUT2D eigenvalue weighted by molar-refractivity contribution is -0.0532. The number of hydrogen-bond acceptors (Lipinski definition) is 3. The predicted octanol–water partition coefficient (Wildman–Crippen LogP) is 2.42. The van der Waals surface area contributed by atoms with Crippen LogP contribution in [-0.2, 0) is 9.47 Å². The minimum Gasteiger partial charge on any atom is -0.390 e. The molecule has 2 rings (SSSR count). The molecule has 0 aromatic heterocycles. The molecule has 2 aliphatic heterocycles. The molecule has 2 fully saturated rings. The molecule has 1 N–H and O–H groups in total. The van der Waals surface area contributed by atoms with E-state index in [1.165, 1.54) is 0 Å². The van der Waals surface area contributed by atoms with Gasteiger partial charge in [0.1, 0.15) is 0 Å². The van der Waals surface area contributed by atoms with Crippen LogP contribution in [0.25, 0.3) is 0 Å². The summed E-state index contributed by atoms with van der Waals surface area (Å²) in [4.78, 5) is 0.182.